The third kappa shape index (κ3) is 2.73. The van der Waals surface area contributed by atoms with Crippen LogP contribution in [0.5, 0.6) is 0 Å². The number of alkyl halides is 3. The summed E-state index contributed by atoms with van der Waals surface area (Å²) in [6.45, 7) is 0.839. The van der Waals surface area contributed by atoms with Crippen molar-refractivity contribution in [3.63, 3.8) is 0 Å². The van der Waals surface area contributed by atoms with E-state index in [1.165, 1.54) is 25.3 Å². The first-order valence-corrected chi connectivity index (χ1v) is 7.90. The van der Waals surface area contributed by atoms with Crippen LogP contribution in [0.2, 0.25) is 0 Å². The van der Waals surface area contributed by atoms with Gasteiger partial charge in [-0.2, -0.15) is 24.9 Å². The number of hydrogen-bond donors (Lipinski definition) is 0. The molecule has 2 unspecified atom stereocenters. The Morgan fingerprint density at radius 3 is 2.65 bits per heavy atom. The summed E-state index contributed by atoms with van der Waals surface area (Å²) in [4.78, 5) is 2.15. The molecule has 1 aliphatic carbocycles. The van der Waals surface area contributed by atoms with Gasteiger partial charge in [0.05, 0.1) is 0 Å². The van der Waals surface area contributed by atoms with Crippen molar-refractivity contribution in [2.24, 2.45) is 0 Å². The van der Waals surface area contributed by atoms with Gasteiger partial charge in [0.2, 0.25) is 0 Å². The smallest absolute Gasteiger partial charge is 0.350 e. The Balaban J connectivity index is 1.80. The lowest BCUT2D eigenvalue weighted by molar-refractivity contribution is -0.141. The number of aromatic nitrogens is 2. The molecule has 0 bridgehead atoms. The lowest BCUT2D eigenvalue weighted by Gasteiger charge is -2.44. The number of fused-ring (bicyclic) bond motifs is 1. The number of thioether (sulfide) groups is 1. The Morgan fingerprint density at radius 2 is 1.95 bits per heavy atom. The number of nitrogens with zero attached hydrogens (tertiary/aromatic N) is 3. The van der Waals surface area contributed by atoms with Crippen molar-refractivity contribution >= 4 is 17.6 Å². The first-order chi connectivity index (χ1) is 9.55. The Bertz CT molecular complexity index is 461. The summed E-state index contributed by atoms with van der Waals surface area (Å²) in [5, 5.41) is 7.73. The highest BCUT2D eigenvalue weighted by Crippen LogP contribution is 2.37. The van der Waals surface area contributed by atoms with Crippen LogP contribution < -0.4 is 4.90 Å². The minimum absolute atomic E-state index is 0.397. The van der Waals surface area contributed by atoms with Crippen LogP contribution >= 0.6 is 11.8 Å². The molecule has 1 aliphatic heterocycles. The zero-order valence-corrected chi connectivity index (χ0v) is 11.8. The predicted octanol–water partition coefficient (Wildman–Crippen LogP) is 3.36. The molecular formula is C13H16F3N3S. The molecule has 7 heteroatoms. The number of anilines is 1. The number of hydrogen-bond acceptors (Lipinski definition) is 4. The van der Waals surface area contributed by atoms with Crippen LogP contribution in [0.3, 0.4) is 0 Å². The Labute approximate surface area is 119 Å². The van der Waals surface area contributed by atoms with E-state index in [1.54, 1.807) is 0 Å². The van der Waals surface area contributed by atoms with E-state index in [1.807, 2.05) is 11.8 Å². The van der Waals surface area contributed by atoms with Crippen LogP contribution in [0.4, 0.5) is 19.0 Å². The monoisotopic (exact) mass is 303 g/mol. The molecule has 0 amide bonds. The first-order valence-electron chi connectivity index (χ1n) is 6.85. The van der Waals surface area contributed by atoms with Gasteiger partial charge < -0.3 is 4.90 Å². The lowest BCUT2D eigenvalue weighted by atomic mass is 9.93. The zero-order valence-electron chi connectivity index (χ0n) is 10.9. The summed E-state index contributed by atoms with van der Waals surface area (Å²) >= 11 is 1.98. The molecule has 0 aromatic carbocycles. The second-order valence-corrected chi connectivity index (χ2v) is 6.58. The summed E-state index contributed by atoms with van der Waals surface area (Å²) in [5.74, 6) is 1.58. The minimum Gasteiger partial charge on any atom is -0.350 e. The van der Waals surface area contributed by atoms with Crippen molar-refractivity contribution in [1.29, 1.82) is 0 Å². The van der Waals surface area contributed by atoms with Gasteiger partial charge >= 0.3 is 6.18 Å². The maximum absolute atomic E-state index is 12.5. The maximum Gasteiger partial charge on any atom is 0.435 e. The third-order valence-electron chi connectivity index (χ3n) is 3.97. The molecule has 1 saturated heterocycles. The van der Waals surface area contributed by atoms with E-state index in [9.17, 15) is 13.2 Å². The topological polar surface area (TPSA) is 29.0 Å². The van der Waals surface area contributed by atoms with Crippen molar-refractivity contribution in [2.45, 2.75) is 43.2 Å². The lowest BCUT2D eigenvalue weighted by Crippen LogP contribution is -2.49. The molecule has 0 N–H and O–H groups in total. The van der Waals surface area contributed by atoms with Crippen molar-refractivity contribution in [3.8, 4) is 0 Å². The van der Waals surface area contributed by atoms with E-state index in [2.05, 4.69) is 15.1 Å². The molecule has 2 aliphatic rings. The molecular weight excluding hydrogens is 287 g/mol. The third-order valence-corrected chi connectivity index (χ3v) is 5.36. The Morgan fingerprint density at radius 1 is 1.15 bits per heavy atom. The summed E-state index contributed by atoms with van der Waals surface area (Å²) in [7, 11) is 0. The fourth-order valence-electron chi connectivity index (χ4n) is 3.01. The van der Waals surface area contributed by atoms with E-state index in [0.717, 1.165) is 24.8 Å². The van der Waals surface area contributed by atoms with E-state index in [0.29, 0.717) is 17.1 Å². The molecule has 0 spiro atoms. The van der Waals surface area contributed by atoms with Gasteiger partial charge in [0, 0.05) is 23.6 Å². The summed E-state index contributed by atoms with van der Waals surface area (Å²) < 4.78 is 37.5. The second kappa shape index (κ2) is 5.42. The van der Waals surface area contributed by atoms with Gasteiger partial charge in [-0.25, -0.2) is 0 Å². The standard InChI is InChI=1S/C13H16F3N3S/c14-13(15,16)11-5-6-12(18-17-11)19-7-8-20-10-4-2-1-3-9(10)19/h5-6,9-10H,1-4,7-8H2. The van der Waals surface area contributed by atoms with Crippen molar-refractivity contribution in [2.75, 3.05) is 17.2 Å². The second-order valence-electron chi connectivity index (χ2n) is 5.23. The summed E-state index contributed by atoms with van der Waals surface area (Å²) in [6, 6.07) is 2.88. The quantitative estimate of drug-likeness (QED) is 0.795. The molecule has 1 saturated carbocycles. The Kier molecular flexibility index (Phi) is 3.79. The number of rotatable bonds is 1. The molecule has 3 rings (SSSR count). The molecule has 1 aromatic heterocycles. The van der Waals surface area contributed by atoms with Gasteiger partial charge in [-0.3, -0.25) is 0 Å². The average molecular weight is 303 g/mol. The first kappa shape index (κ1) is 14.0. The van der Waals surface area contributed by atoms with Crippen LogP contribution in [0, 0.1) is 0 Å². The average Bonchev–Trinajstić information content (AvgIpc) is 2.46. The molecule has 3 nitrogen and oxygen atoms in total. The van der Waals surface area contributed by atoms with Gasteiger partial charge in [-0.1, -0.05) is 12.8 Å². The normalized spacial score (nSPS) is 27.2. The SMILES string of the molecule is FC(F)(F)c1ccc(N2CCSC3CCCCC32)nn1. The molecule has 2 atom stereocenters. The molecule has 20 heavy (non-hydrogen) atoms. The van der Waals surface area contributed by atoms with E-state index >= 15 is 0 Å². The maximum atomic E-state index is 12.5. The molecule has 2 heterocycles. The fourth-order valence-corrected chi connectivity index (χ4v) is 4.45. The summed E-state index contributed by atoms with van der Waals surface area (Å²) in [6.07, 6.45) is 0.309. The van der Waals surface area contributed by atoms with Gasteiger partial charge in [0.15, 0.2) is 11.5 Å². The Hall–Kier alpha value is -0.980. The van der Waals surface area contributed by atoms with Gasteiger partial charge in [-0.15, -0.1) is 10.2 Å². The van der Waals surface area contributed by atoms with Gasteiger partial charge in [0.25, 0.3) is 0 Å². The van der Waals surface area contributed by atoms with Crippen molar-refractivity contribution in [1.82, 2.24) is 10.2 Å². The largest absolute Gasteiger partial charge is 0.435 e. The minimum atomic E-state index is -4.42. The highest BCUT2D eigenvalue weighted by Gasteiger charge is 2.36. The van der Waals surface area contributed by atoms with Crippen molar-refractivity contribution in [3.05, 3.63) is 17.8 Å². The predicted molar refractivity (Wildman–Crippen MR) is 72.9 cm³/mol. The van der Waals surface area contributed by atoms with Gasteiger partial charge in [-0.05, 0) is 25.0 Å². The highest BCUT2D eigenvalue weighted by molar-refractivity contribution is 8.00. The summed E-state index contributed by atoms with van der Waals surface area (Å²) in [5.41, 5.74) is -0.923. The van der Waals surface area contributed by atoms with E-state index in [4.69, 9.17) is 0 Å². The number of halogens is 3. The van der Waals surface area contributed by atoms with Crippen LogP contribution in [0.25, 0.3) is 0 Å². The van der Waals surface area contributed by atoms with Crippen LogP contribution in [-0.4, -0.2) is 33.8 Å². The van der Waals surface area contributed by atoms with E-state index < -0.39 is 11.9 Å². The zero-order chi connectivity index (χ0) is 14.2. The van der Waals surface area contributed by atoms with Gasteiger partial charge in [0.1, 0.15) is 0 Å². The molecule has 110 valence electrons. The highest BCUT2D eigenvalue weighted by atomic mass is 32.2. The fraction of sp³-hybridized carbons (Fsp3) is 0.692. The van der Waals surface area contributed by atoms with Crippen molar-refractivity contribution < 1.29 is 13.2 Å². The van der Waals surface area contributed by atoms with Crippen LogP contribution in [0.15, 0.2) is 12.1 Å². The van der Waals surface area contributed by atoms with Crippen LogP contribution in [0.1, 0.15) is 31.4 Å². The molecule has 1 aromatic rings. The van der Waals surface area contributed by atoms with E-state index in [-0.39, 0.29) is 0 Å². The molecule has 2 fully saturated rings. The molecule has 0 radical (unpaired) electrons. The van der Waals surface area contributed by atoms with Crippen LogP contribution in [-0.2, 0) is 6.18 Å².